The third-order valence-corrected chi connectivity index (χ3v) is 3.02. The number of hydrogen-bond donors (Lipinski definition) is 1. The van der Waals surface area contributed by atoms with Gasteiger partial charge in [0.25, 0.3) is 0 Å². The van der Waals surface area contributed by atoms with E-state index in [0.717, 1.165) is 25.7 Å². The first kappa shape index (κ1) is 14.2. The molecule has 1 rings (SSSR count). The lowest BCUT2D eigenvalue weighted by Gasteiger charge is -2.11. The summed E-state index contributed by atoms with van der Waals surface area (Å²) in [4.78, 5) is 0. The van der Waals surface area contributed by atoms with E-state index in [0.29, 0.717) is 12.0 Å². The van der Waals surface area contributed by atoms with Crippen molar-refractivity contribution in [1.82, 2.24) is 0 Å². The quantitative estimate of drug-likeness (QED) is 0.556. The molecule has 0 heterocycles. The zero-order valence-corrected chi connectivity index (χ0v) is 10.6. The molecule has 0 saturated heterocycles. The number of aliphatic hydroxyl groups excluding tert-OH is 1. The SMILES string of the molecule is C=CCCCCCC(O)c1ccc(Cl)c(F)c1. The molecule has 0 aliphatic rings. The second-order valence-electron chi connectivity index (χ2n) is 4.12. The van der Waals surface area contributed by atoms with E-state index in [2.05, 4.69) is 6.58 Å². The summed E-state index contributed by atoms with van der Waals surface area (Å²) in [6, 6.07) is 4.45. The summed E-state index contributed by atoms with van der Waals surface area (Å²) in [6.45, 7) is 3.66. The molecule has 17 heavy (non-hydrogen) atoms. The minimum Gasteiger partial charge on any atom is -0.388 e. The highest BCUT2D eigenvalue weighted by Crippen LogP contribution is 2.23. The molecular weight excluding hydrogens is 239 g/mol. The van der Waals surface area contributed by atoms with Crippen molar-refractivity contribution < 1.29 is 9.50 Å². The van der Waals surface area contributed by atoms with E-state index < -0.39 is 11.9 Å². The maximum atomic E-state index is 13.2. The van der Waals surface area contributed by atoms with Crippen molar-refractivity contribution in [3.8, 4) is 0 Å². The van der Waals surface area contributed by atoms with E-state index >= 15 is 0 Å². The smallest absolute Gasteiger partial charge is 0.142 e. The zero-order valence-electron chi connectivity index (χ0n) is 9.83. The number of aliphatic hydroxyl groups is 1. The number of unbranched alkanes of at least 4 members (excludes halogenated alkanes) is 3. The monoisotopic (exact) mass is 256 g/mol. The zero-order chi connectivity index (χ0) is 12.7. The summed E-state index contributed by atoms with van der Waals surface area (Å²) >= 11 is 5.58. The average Bonchev–Trinajstić information content (AvgIpc) is 2.32. The van der Waals surface area contributed by atoms with Gasteiger partial charge in [-0.3, -0.25) is 0 Å². The topological polar surface area (TPSA) is 20.2 Å². The van der Waals surface area contributed by atoms with Crippen molar-refractivity contribution in [2.24, 2.45) is 0 Å². The molecular formula is C14H18ClFO. The lowest BCUT2D eigenvalue weighted by atomic mass is 10.0. The van der Waals surface area contributed by atoms with Crippen molar-refractivity contribution in [1.29, 1.82) is 0 Å². The van der Waals surface area contributed by atoms with Crippen LogP contribution in [0.25, 0.3) is 0 Å². The summed E-state index contributed by atoms with van der Waals surface area (Å²) in [5.74, 6) is -0.477. The van der Waals surface area contributed by atoms with Crippen molar-refractivity contribution in [3.63, 3.8) is 0 Å². The maximum Gasteiger partial charge on any atom is 0.142 e. The molecule has 1 N–H and O–H groups in total. The third kappa shape index (κ3) is 4.88. The summed E-state index contributed by atoms with van der Waals surface area (Å²) < 4.78 is 13.2. The Labute approximate surface area is 107 Å². The maximum absolute atomic E-state index is 13.2. The number of benzene rings is 1. The molecule has 0 spiro atoms. The molecule has 94 valence electrons. The largest absolute Gasteiger partial charge is 0.388 e. The Bertz CT molecular complexity index is 365. The molecule has 0 aliphatic heterocycles. The fraction of sp³-hybridized carbons (Fsp3) is 0.429. The Kier molecular flexibility index (Phi) is 6.23. The molecule has 0 bridgehead atoms. The van der Waals surface area contributed by atoms with Gasteiger partial charge < -0.3 is 5.11 Å². The molecule has 1 nitrogen and oxygen atoms in total. The first-order valence-corrected chi connectivity index (χ1v) is 6.27. The van der Waals surface area contributed by atoms with Crippen LogP contribution in [0.5, 0.6) is 0 Å². The summed E-state index contributed by atoms with van der Waals surface area (Å²) in [6.07, 6.45) is 6.02. The van der Waals surface area contributed by atoms with Crippen molar-refractivity contribution >= 4 is 11.6 Å². The van der Waals surface area contributed by atoms with Gasteiger partial charge in [0.1, 0.15) is 5.82 Å². The normalized spacial score (nSPS) is 12.4. The minimum absolute atomic E-state index is 0.0898. The van der Waals surface area contributed by atoms with E-state index in [1.54, 1.807) is 6.07 Å². The van der Waals surface area contributed by atoms with Gasteiger partial charge in [0, 0.05) is 0 Å². The number of allylic oxidation sites excluding steroid dienone is 1. The molecule has 1 atom stereocenters. The minimum atomic E-state index is -0.606. The van der Waals surface area contributed by atoms with E-state index in [1.165, 1.54) is 12.1 Å². The van der Waals surface area contributed by atoms with Crippen LogP contribution in [0.4, 0.5) is 4.39 Å². The van der Waals surface area contributed by atoms with Crippen LogP contribution in [0.15, 0.2) is 30.9 Å². The molecule has 0 aliphatic carbocycles. The molecule has 0 radical (unpaired) electrons. The highest BCUT2D eigenvalue weighted by Gasteiger charge is 2.09. The van der Waals surface area contributed by atoms with Gasteiger partial charge in [-0.15, -0.1) is 6.58 Å². The van der Waals surface area contributed by atoms with E-state index in [1.807, 2.05) is 6.08 Å². The standard InChI is InChI=1S/C14H18ClFO/c1-2-3-4-5-6-7-14(17)11-8-9-12(15)13(16)10-11/h2,8-10,14,17H,1,3-7H2. The van der Waals surface area contributed by atoms with Crippen LogP contribution in [0.3, 0.4) is 0 Å². The van der Waals surface area contributed by atoms with Gasteiger partial charge in [0.15, 0.2) is 0 Å². The Morgan fingerprint density at radius 1 is 1.35 bits per heavy atom. The van der Waals surface area contributed by atoms with E-state index in [9.17, 15) is 9.50 Å². The molecule has 0 fully saturated rings. The van der Waals surface area contributed by atoms with Crippen LogP contribution in [-0.2, 0) is 0 Å². The van der Waals surface area contributed by atoms with E-state index in [4.69, 9.17) is 11.6 Å². The van der Waals surface area contributed by atoms with Gasteiger partial charge in [-0.05, 0) is 37.0 Å². The number of rotatable bonds is 7. The number of hydrogen-bond acceptors (Lipinski definition) is 1. The van der Waals surface area contributed by atoms with Crippen molar-refractivity contribution in [2.45, 2.75) is 38.2 Å². The van der Waals surface area contributed by atoms with Crippen LogP contribution in [0.1, 0.15) is 43.8 Å². The van der Waals surface area contributed by atoms with Crippen molar-refractivity contribution in [3.05, 3.63) is 47.3 Å². The molecule has 0 aromatic heterocycles. The van der Waals surface area contributed by atoms with Gasteiger partial charge in [-0.1, -0.05) is 36.6 Å². The van der Waals surface area contributed by atoms with Crippen LogP contribution in [0.2, 0.25) is 5.02 Å². The molecule has 0 amide bonds. The summed E-state index contributed by atoms with van der Waals surface area (Å²) in [7, 11) is 0. The van der Waals surface area contributed by atoms with Gasteiger partial charge in [0.2, 0.25) is 0 Å². The van der Waals surface area contributed by atoms with Gasteiger partial charge in [0.05, 0.1) is 11.1 Å². The van der Waals surface area contributed by atoms with Gasteiger partial charge in [-0.2, -0.15) is 0 Å². The van der Waals surface area contributed by atoms with Crippen LogP contribution in [0, 0.1) is 5.82 Å². The molecule has 0 saturated carbocycles. The lowest BCUT2D eigenvalue weighted by Crippen LogP contribution is -1.98. The Hall–Kier alpha value is -0.860. The number of halogens is 2. The molecule has 1 aromatic carbocycles. The van der Waals surface area contributed by atoms with Gasteiger partial charge >= 0.3 is 0 Å². The van der Waals surface area contributed by atoms with Crippen LogP contribution >= 0.6 is 11.6 Å². The Morgan fingerprint density at radius 3 is 2.76 bits per heavy atom. The highest BCUT2D eigenvalue weighted by molar-refractivity contribution is 6.30. The highest BCUT2D eigenvalue weighted by atomic mass is 35.5. The summed E-state index contributed by atoms with van der Waals surface area (Å²) in [5.41, 5.74) is 0.593. The van der Waals surface area contributed by atoms with Crippen LogP contribution in [-0.4, -0.2) is 5.11 Å². The third-order valence-electron chi connectivity index (χ3n) is 2.71. The summed E-state index contributed by atoms with van der Waals surface area (Å²) in [5, 5.41) is 9.95. The lowest BCUT2D eigenvalue weighted by molar-refractivity contribution is 0.163. The first-order valence-electron chi connectivity index (χ1n) is 5.89. The predicted molar refractivity (Wildman–Crippen MR) is 69.7 cm³/mol. The Balaban J connectivity index is 2.38. The first-order chi connectivity index (χ1) is 8.15. The Morgan fingerprint density at radius 2 is 2.12 bits per heavy atom. The van der Waals surface area contributed by atoms with Gasteiger partial charge in [-0.25, -0.2) is 4.39 Å². The van der Waals surface area contributed by atoms with Crippen molar-refractivity contribution in [2.75, 3.05) is 0 Å². The molecule has 1 unspecified atom stereocenters. The fourth-order valence-corrected chi connectivity index (χ4v) is 1.81. The fourth-order valence-electron chi connectivity index (χ4n) is 1.69. The predicted octanol–water partition coefficient (Wildman–Crippen LogP) is 4.65. The molecule has 1 aromatic rings. The average molecular weight is 257 g/mol. The second-order valence-corrected chi connectivity index (χ2v) is 4.52. The van der Waals surface area contributed by atoms with E-state index in [-0.39, 0.29) is 5.02 Å². The second kappa shape index (κ2) is 7.46. The molecule has 3 heteroatoms. The van der Waals surface area contributed by atoms with Crippen LogP contribution < -0.4 is 0 Å².